The number of pyridine rings is 1. The van der Waals surface area contributed by atoms with Crippen LogP contribution in [0.5, 0.6) is 5.75 Å². The molecule has 1 heterocycles. The number of anilines is 1. The molecule has 0 bridgehead atoms. The molecule has 6 nitrogen and oxygen atoms in total. The van der Waals surface area contributed by atoms with Crippen molar-refractivity contribution in [3.63, 3.8) is 0 Å². The van der Waals surface area contributed by atoms with Gasteiger partial charge in [0.15, 0.2) is 0 Å². The molecule has 1 aromatic heterocycles. The van der Waals surface area contributed by atoms with E-state index in [1.165, 1.54) is 0 Å². The quantitative estimate of drug-likeness (QED) is 0.451. The molecule has 162 valence electrons. The summed E-state index contributed by atoms with van der Waals surface area (Å²) in [6.07, 6.45) is 0. The fourth-order valence-electron chi connectivity index (χ4n) is 3.63. The number of aryl methyl sites for hydroxylation is 1. The number of carbonyl (C=O) groups is 1. The largest absolute Gasteiger partial charge is 0.497 e. The Hall–Kier alpha value is -4.06. The van der Waals surface area contributed by atoms with Crippen LogP contribution in [0.25, 0.3) is 10.9 Å². The number of aromatic nitrogens is 1. The molecular weight excluding hydrogens is 402 g/mol. The zero-order valence-corrected chi connectivity index (χ0v) is 18.1. The molecule has 0 saturated heterocycles. The van der Waals surface area contributed by atoms with E-state index in [9.17, 15) is 9.59 Å². The number of aromatic amines is 1. The molecule has 4 aromatic rings. The van der Waals surface area contributed by atoms with Crippen molar-refractivity contribution < 1.29 is 9.53 Å². The molecular formula is C26H25N3O3. The average Bonchev–Trinajstić information content (AvgIpc) is 2.81. The van der Waals surface area contributed by atoms with E-state index in [-0.39, 0.29) is 18.1 Å². The number of nitrogens with one attached hydrogen (secondary N) is 2. The van der Waals surface area contributed by atoms with Gasteiger partial charge < -0.3 is 19.9 Å². The molecule has 0 radical (unpaired) electrons. The first-order chi connectivity index (χ1) is 15.5. The van der Waals surface area contributed by atoms with Crippen LogP contribution >= 0.6 is 0 Å². The second-order valence-electron chi connectivity index (χ2n) is 7.66. The number of ether oxygens (including phenoxy) is 1. The molecule has 3 aromatic carbocycles. The smallest absolute Gasteiger partial charge is 0.322 e. The van der Waals surface area contributed by atoms with E-state index in [0.29, 0.717) is 23.5 Å². The summed E-state index contributed by atoms with van der Waals surface area (Å²) >= 11 is 0. The minimum atomic E-state index is -0.289. The van der Waals surface area contributed by atoms with Crippen molar-refractivity contribution in [2.45, 2.75) is 20.0 Å². The van der Waals surface area contributed by atoms with Crippen LogP contribution in [0.15, 0.2) is 83.7 Å². The van der Waals surface area contributed by atoms with Crippen LogP contribution in [-0.2, 0) is 13.1 Å². The van der Waals surface area contributed by atoms with E-state index in [2.05, 4.69) is 10.3 Å². The maximum Gasteiger partial charge on any atom is 0.322 e. The van der Waals surface area contributed by atoms with Gasteiger partial charge in [-0.15, -0.1) is 0 Å². The zero-order valence-electron chi connectivity index (χ0n) is 18.1. The van der Waals surface area contributed by atoms with E-state index >= 15 is 0 Å². The third kappa shape index (κ3) is 4.81. The Morgan fingerprint density at radius 1 is 0.969 bits per heavy atom. The van der Waals surface area contributed by atoms with Gasteiger partial charge in [0.05, 0.1) is 19.2 Å². The van der Waals surface area contributed by atoms with Crippen molar-refractivity contribution >= 4 is 22.6 Å². The number of benzene rings is 3. The maximum atomic E-state index is 13.2. The molecule has 6 heteroatoms. The van der Waals surface area contributed by atoms with Crippen LogP contribution in [0.4, 0.5) is 10.5 Å². The van der Waals surface area contributed by atoms with Gasteiger partial charge in [-0.1, -0.05) is 48.5 Å². The van der Waals surface area contributed by atoms with E-state index in [1.54, 1.807) is 36.3 Å². The number of rotatable bonds is 6. The predicted octanol–water partition coefficient (Wildman–Crippen LogP) is 5.08. The van der Waals surface area contributed by atoms with Crippen LogP contribution in [0.1, 0.15) is 16.7 Å². The minimum Gasteiger partial charge on any atom is -0.497 e. The summed E-state index contributed by atoms with van der Waals surface area (Å²) < 4.78 is 5.17. The van der Waals surface area contributed by atoms with Gasteiger partial charge in [-0.25, -0.2) is 4.79 Å². The summed E-state index contributed by atoms with van der Waals surface area (Å²) in [7, 11) is 1.60. The minimum absolute atomic E-state index is 0.177. The summed E-state index contributed by atoms with van der Waals surface area (Å²) in [5, 5.41) is 3.86. The Labute approximate surface area is 186 Å². The second kappa shape index (κ2) is 9.39. The fourth-order valence-corrected chi connectivity index (χ4v) is 3.63. The highest BCUT2D eigenvalue weighted by molar-refractivity contribution is 5.89. The van der Waals surface area contributed by atoms with Crippen LogP contribution < -0.4 is 15.6 Å². The Bertz CT molecular complexity index is 1280. The lowest BCUT2D eigenvalue weighted by Crippen LogP contribution is -2.35. The molecule has 0 spiro atoms. The molecule has 2 amide bonds. The first kappa shape index (κ1) is 21.2. The Kier molecular flexibility index (Phi) is 6.22. The molecule has 0 aliphatic carbocycles. The number of amides is 2. The first-order valence-electron chi connectivity index (χ1n) is 10.4. The highest BCUT2D eigenvalue weighted by Crippen LogP contribution is 2.19. The van der Waals surface area contributed by atoms with Gasteiger partial charge in [-0.05, 0) is 53.8 Å². The molecule has 0 unspecified atom stereocenters. The monoisotopic (exact) mass is 427 g/mol. The van der Waals surface area contributed by atoms with Gasteiger partial charge in [0.2, 0.25) is 0 Å². The summed E-state index contributed by atoms with van der Waals surface area (Å²) in [6.45, 7) is 2.51. The van der Waals surface area contributed by atoms with Crippen LogP contribution in [-0.4, -0.2) is 23.0 Å². The van der Waals surface area contributed by atoms with Gasteiger partial charge >= 0.3 is 6.03 Å². The summed E-state index contributed by atoms with van der Waals surface area (Å²) in [5.74, 6) is 0.710. The molecule has 0 aliphatic rings. The van der Waals surface area contributed by atoms with Crippen molar-refractivity contribution in [1.82, 2.24) is 9.88 Å². The van der Waals surface area contributed by atoms with E-state index < -0.39 is 0 Å². The lowest BCUT2D eigenvalue weighted by Gasteiger charge is -2.23. The van der Waals surface area contributed by atoms with E-state index in [1.807, 2.05) is 61.5 Å². The lowest BCUT2D eigenvalue weighted by molar-refractivity contribution is 0.206. The molecule has 0 aliphatic heterocycles. The van der Waals surface area contributed by atoms with Crippen LogP contribution in [0, 0.1) is 6.92 Å². The molecule has 0 fully saturated rings. The fraction of sp³-hybridized carbons (Fsp3) is 0.154. The van der Waals surface area contributed by atoms with Crippen molar-refractivity contribution in [1.29, 1.82) is 0 Å². The summed E-state index contributed by atoms with van der Waals surface area (Å²) in [5.41, 5.74) is 3.79. The molecule has 4 rings (SSSR count). The average molecular weight is 428 g/mol. The summed E-state index contributed by atoms with van der Waals surface area (Å²) in [6, 6.07) is 24.3. The number of H-pyrrole nitrogens is 1. The second-order valence-corrected chi connectivity index (χ2v) is 7.66. The van der Waals surface area contributed by atoms with Gasteiger partial charge in [0, 0.05) is 17.8 Å². The zero-order chi connectivity index (χ0) is 22.5. The molecule has 32 heavy (non-hydrogen) atoms. The van der Waals surface area contributed by atoms with E-state index in [4.69, 9.17) is 4.74 Å². The topological polar surface area (TPSA) is 74.4 Å². The first-order valence-corrected chi connectivity index (χ1v) is 10.4. The molecule has 2 N–H and O–H groups in total. The number of hydrogen-bond donors (Lipinski definition) is 2. The number of hydrogen-bond acceptors (Lipinski definition) is 3. The van der Waals surface area contributed by atoms with Gasteiger partial charge in [0.25, 0.3) is 5.56 Å². The highest BCUT2D eigenvalue weighted by atomic mass is 16.5. The third-order valence-corrected chi connectivity index (χ3v) is 5.37. The highest BCUT2D eigenvalue weighted by Gasteiger charge is 2.17. The normalized spacial score (nSPS) is 10.7. The van der Waals surface area contributed by atoms with Crippen molar-refractivity contribution in [2.24, 2.45) is 0 Å². The van der Waals surface area contributed by atoms with Gasteiger partial charge in [0.1, 0.15) is 5.75 Å². The molecule has 0 saturated carbocycles. The third-order valence-electron chi connectivity index (χ3n) is 5.37. The number of para-hydroxylation sites is 1. The standard InChI is InChI=1S/C26H25N3O3/c1-18-7-6-10-20-15-21(25(30)28-24(18)20)17-29(16-19-8-4-3-5-9-19)26(31)27-22-11-13-23(32-2)14-12-22/h3-15H,16-17H2,1-2H3,(H,27,31)(H,28,30). The van der Waals surface area contributed by atoms with Crippen molar-refractivity contribution in [2.75, 3.05) is 12.4 Å². The van der Waals surface area contributed by atoms with Crippen LogP contribution in [0.3, 0.4) is 0 Å². The molecule has 0 atom stereocenters. The SMILES string of the molecule is COc1ccc(NC(=O)N(Cc2ccccc2)Cc2cc3cccc(C)c3[nH]c2=O)cc1. The summed E-state index contributed by atoms with van der Waals surface area (Å²) in [4.78, 5) is 30.6. The number of fused-ring (bicyclic) bond motifs is 1. The number of carbonyl (C=O) groups excluding carboxylic acids is 1. The Morgan fingerprint density at radius 2 is 1.72 bits per heavy atom. The van der Waals surface area contributed by atoms with Gasteiger partial charge in [-0.3, -0.25) is 4.79 Å². The Morgan fingerprint density at radius 3 is 2.44 bits per heavy atom. The lowest BCUT2D eigenvalue weighted by atomic mass is 10.1. The predicted molar refractivity (Wildman–Crippen MR) is 127 cm³/mol. The van der Waals surface area contributed by atoms with Crippen molar-refractivity contribution in [3.05, 3.63) is 106 Å². The Balaban J connectivity index is 1.63. The number of nitrogens with zero attached hydrogens (tertiary/aromatic N) is 1. The van der Waals surface area contributed by atoms with Gasteiger partial charge in [-0.2, -0.15) is 0 Å². The van der Waals surface area contributed by atoms with Crippen molar-refractivity contribution in [3.8, 4) is 5.75 Å². The maximum absolute atomic E-state index is 13.2. The number of methoxy groups -OCH3 is 1. The number of urea groups is 1. The van der Waals surface area contributed by atoms with Crippen LogP contribution in [0.2, 0.25) is 0 Å². The van der Waals surface area contributed by atoms with E-state index in [0.717, 1.165) is 22.0 Å².